The van der Waals surface area contributed by atoms with E-state index in [9.17, 15) is 18.8 Å². The van der Waals surface area contributed by atoms with E-state index < -0.39 is 35.7 Å². The number of rotatable bonds is 11. The Kier molecular flexibility index (Phi) is 9.65. The van der Waals surface area contributed by atoms with Crippen LogP contribution in [0, 0.1) is 23.6 Å². The number of amides is 3. The summed E-state index contributed by atoms with van der Waals surface area (Å²) in [5, 5.41) is 2.88. The standard InChI is InChI=1S/C33H37FN4O3/c1-4-10-25(30(35)39)27(19-21(2)3)32(40)37-31-33(41)38(20-22-15-17-24(34)18-16-22)28-14-9-8-13-26(28)29(36-31)23-11-6-5-7-12-23/h5-9,11-18,21,25,27,31H,4,10,19-20H2,1-3H3,(H2,35,39)(H,37,40). The SMILES string of the molecule is CCCC(C(N)=O)C(CC(C)C)C(=O)NC1N=C(c2ccccc2)c2ccccc2N(Cc2ccc(F)cc2)C1=O. The number of fused-ring (bicyclic) bond motifs is 1. The van der Waals surface area contributed by atoms with Crippen LogP contribution < -0.4 is 16.0 Å². The topological polar surface area (TPSA) is 105 Å². The van der Waals surface area contributed by atoms with Gasteiger partial charge in [-0.2, -0.15) is 0 Å². The lowest BCUT2D eigenvalue weighted by Gasteiger charge is -2.28. The molecule has 3 N–H and O–H groups in total. The number of benzene rings is 3. The first kappa shape index (κ1) is 29.6. The number of carbonyl (C=O) groups excluding carboxylic acids is 3. The second-order valence-corrected chi connectivity index (χ2v) is 10.9. The number of nitrogens with zero attached hydrogens (tertiary/aromatic N) is 2. The Balaban J connectivity index is 1.80. The zero-order chi connectivity index (χ0) is 29.5. The third-order valence-electron chi connectivity index (χ3n) is 7.30. The van der Waals surface area contributed by atoms with Gasteiger partial charge in [-0.3, -0.25) is 14.4 Å². The molecule has 0 saturated heterocycles. The van der Waals surface area contributed by atoms with Crippen LogP contribution in [0.1, 0.15) is 56.7 Å². The molecule has 3 unspecified atom stereocenters. The summed E-state index contributed by atoms with van der Waals surface area (Å²) in [5.41, 5.74) is 9.17. The summed E-state index contributed by atoms with van der Waals surface area (Å²) in [6.07, 6.45) is 0.346. The Morgan fingerprint density at radius 2 is 1.63 bits per heavy atom. The van der Waals surface area contributed by atoms with E-state index in [1.165, 1.54) is 12.1 Å². The summed E-state index contributed by atoms with van der Waals surface area (Å²) >= 11 is 0. The van der Waals surface area contributed by atoms with Crippen LogP contribution in [0.15, 0.2) is 83.9 Å². The summed E-state index contributed by atoms with van der Waals surface area (Å²) in [4.78, 5) is 46.9. The second kappa shape index (κ2) is 13.4. The molecule has 3 aromatic rings. The molecular formula is C33H37FN4O3. The van der Waals surface area contributed by atoms with Gasteiger partial charge >= 0.3 is 0 Å². The Bertz CT molecular complexity index is 1410. The van der Waals surface area contributed by atoms with Gasteiger partial charge in [-0.1, -0.05) is 87.9 Å². The van der Waals surface area contributed by atoms with Crippen LogP contribution in [0.4, 0.5) is 10.1 Å². The summed E-state index contributed by atoms with van der Waals surface area (Å²) < 4.78 is 13.7. The Morgan fingerprint density at radius 1 is 0.976 bits per heavy atom. The molecule has 0 aromatic heterocycles. The summed E-state index contributed by atoms with van der Waals surface area (Å²) in [6, 6.07) is 22.9. The maximum absolute atomic E-state index is 14.2. The molecule has 0 radical (unpaired) electrons. The molecule has 0 fully saturated rings. The van der Waals surface area contributed by atoms with E-state index in [1.807, 2.05) is 75.4 Å². The summed E-state index contributed by atoms with van der Waals surface area (Å²) in [7, 11) is 0. The number of primary amides is 1. The molecule has 3 amide bonds. The van der Waals surface area contributed by atoms with Crippen LogP contribution in [-0.4, -0.2) is 29.6 Å². The highest BCUT2D eigenvalue weighted by molar-refractivity contribution is 6.20. The summed E-state index contributed by atoms with van der Waals surface area (Å²) in [5.74, 6) is -3.01. The minimum Gasteiger partial charge on any atom is -0.369 e. The fourth-order valence-electron chi connectivity index (χ4n) is 5.34. The average molecular weight is 557 g/mol. The largest absolute Gasteiger partial charge is 0.369 e. The van der Waals surface area contributed by atoms with Crippen LogP contribution in [0.5, 0.6) is 0 Å². The number of benzodiazepines with no additional fused rings is 1. The second-order valence-electron chi connectivity index (χ2n) is 10.9. The average Bonchev–Trinajstić information content (AvgIpc) is 3.07. The van der Waals surface area contributed by atoms with Crippen LogP contribution in [0.25, 0.3) is 0 Å². The van der Waals surface area contributed by atoms with Crippen molar-refractivity contribution in [1.82, 2.24) is 5.32 Å². The van der Waals surface area contributed by atoms with E-state index in [2.05, 4.69) is 5.32 Å². The van der Waals surface area contributed by atoms with Gasteiger partial charge in [0.1, 0.15) is 5.82 Å². The first-order valence-corrected chi connectivity index (χ1v) is 14.1. The number of hydrogen-bond donors (Lipinski definition) is 2. The quantitative estimate of drug-likeness (QED) is 0.338. The van der Waals surface area contributed by atoms with Crippen molar-refractivity contribution in [1.29, 1.82) is 0 Å². The first-order valence-electron chi connectivity index (χ1n) is 14.1. The van der Waals surface area contributed by atoms with Crippen molar-refractivity contribution >= 4 is 29.1 Å². The molecule has 3 atom stereocenters. The predicted molar refractivity (Wildman–Crippen MR) is 159 cm³/mol. The molecule has 4 rings (SSSR count). The highest BCUT2D eigenvalue weighted by Gasteiger charge is 2.37. The molecule has 3 aromatic carbocycles. The molecule has 8 heteroatoms. The molecule has 1 heterocycles. The predicted octanol–water partition coefficient (Wildman–Crippen LogP) is 5.22. The number of carbonyl (C=O) groups is 3. The normalized spacial score (nSPS) is 16.4. The number of aliphatic imine (C=N–C) groups is 1. The van der Waals surface area contributed by atoms with Gasteiger partial charge in [-0.15, -0.1) is 0 Å². The molecular weight excluding hydrogens is 519 g/mol. The third-order valence-corrected chi connectivity index (χ3v) is 7.30. The number of nitrogens with two attached hydrogens (primary N) is 1. The minimum absolute atomic E-state index is 0.122. The monoisotopic (exact) mass is 556 g/mol. The zero-order valence-corrected chi connectivity index (χ0v) is 23.7. The smallest absolute Gasteiger partial charge is 0.272 e. The van der Waals surface area contributed by atoms with Crippen LogP contribution >= 0.6 is 0 Å². The first-order chi connectivity index (χ1) is 19.7. The number of nitrogens with one attached hydrogen (secondary N) is 1. The van der Waals surface area contributed by atoms with Gasteiger partial charge < -0.3 is 16.0 Å². The number of halogens is 1. The molecule has 1 aliphatic heterocycles. The van der Waals surface area contributed by atoms with Crippen molar-refractivity contribution in [3.05, 3.63) is 101 Å². The lowest BCUT2D eigenvalue weighted by atomic mass is 9.81. The van der Waals surface area contributed by atoms with Gasteiger partial charge in [-0.25, -0.2) is 9.38 Å². The van der Waals surface area contributed by atoms with Crippen molar-refractivity contribution in [2.45, 2.75) is 52.7 Å². The van der Waals surface area contributed by atoms with Crippen molar-refractivity contribution in [3.8, 4) is 0 Å². The van der Waals surface area contributed by atoms with Crippen LogP contribution in [-0.2, 0) is 20.9 Å². The number of para-hydroxylation sites is 1. The van der Waals surface area contributed by atoms with Crippen LogP contribution in [0.2, 0.25) is 0 Å². The Labute approximate surface area is 240 Å². The molecule has 0 aliphatic carbocycles. The maximum Gasteiger partial charge on any atom is 0.272 e. The fourth-order valence-corrected chi connectivity index (χ4v) is 5.34. The maximum atomic E-state index is 14.2. The molecule has 0 spiro atoms. The third kappa shape index (κ3) is 7.06. The molecule has 41 heavy (non-hydrogen) atoms. The molecule has 0 bridgehead atoms. The van der Waals surface area contributed by atoms with E-state index in [-0.39, 0.29) is 18.3 Å². The molecule has 0 saturated carbocycles. The van der Waals surface area contributed by atoms with E-state index in [1.54, 1.807) is 17.0 Å². The minimum atomic E-state index is -1.25. The Hall–Kier alpha value is -4.33. The van der Waals surface area contributed by atoms with Gasteiger partial charge in [0.2, 0.25) is 18.0 Å². The summed E-state index contributed by atoms with van der Waals surface area (Å²) in [6.45, 7) is 6.05. The van der Waals surface area contributed by atoms with Gasteiger partial charge in [0, 0.05) is 23.0 Å². The van der Waals surface area contributed by atoms with E-state index in [0.29, 0.717) is 30.7 Å². The number of anilines is 1. The van der Waals surface area contributed by atoms with Crippen molar-refractivity contribution in [2.75, 3.05) is 4.90 Å². The van der Waals surface area contributed by atoms with Crippen LogP contribution in [0.3, 0.4) is 0 Å². The van der Waals surface area contributed by atoms with E-state index in [0.717, 1.165) is 16.7 Å². The van der Waals surface area contributed by atoms with E-state index >= 15 is 0 Å². The molecule has 7 nitrogen and oxygen atoms in total. The fraction of sp³-hybridized carbons (Fsp3) is 0.333. The zero-order valence-electron chi connectivity index (χ0n) is 23.7. The lowest BCUT2D eigenvalue weighted by Crippen LogP contribution is -2.50. The Morgan fingerprint density at radius 3 is 2.27 bits per heavy atom. The van der Waals surface area contributed by atoms with Crippen molar-refractivity contribution < 1.29 is 18.8 Å². The lowest BCUT2D eigenvalue weighted by molar-refractivity contribution is -0.136. The molecule has 214 valence electrons. The highest BCUT2D eigenvalue weighted by atomic mass is 19.1. The van der Waals surface area contributed by atoms with Gasteiger partial charge in [0.25, 0.3) is 5.91 Å². The van der Waals surface area contributed by atoms with Gasteiger partial charge in [-0.05, 0) is 42.5 Å². The van der Waals surface area contributed by atoms with Crippen molar-refractivity contribution in [2.24, 2.45) is 28.5 Å². The van der Waals surface area contributed by atoms with E-state index in [4.69, 9.17) is 10.7 Å². The van der Waals surface area contributed by atoms with Gasteiger partial charge in [0.05, 0.1) is 17.9 Å². The van der Waals surface area contributed by atoms with Crippen molar-refractivity contribution in [3.63, 3.8) is 0 Å². The number of hydrogen-bond acceptors (Lipinski definition) is 4. The van der Waals surface area contributed by atoms with Gasteiger partial charge in [0.15, 0.2) is 0 Å². The molecule has 1 aliphatic rings. The highest BCUT2D eigenvalue weighted by Crippen LogP contribution is 2.31.